The fourth-order valence-electron chi connectivity index (χ4n) is 1.19. The van der Waals surface area contributed by atoms with Crippen LogP contribution in [0.15, 0.2) is 36.6 Å². The van der Waals surface area contributed by atoms with Crippen molar-refractivity contribution in [3.63, 3.8) is 0 Å². The van der Waals surface area contributed by atoms with Crippen molar-refractivity contribution < 1.29 is 9.47 Å². The van der Waals surface area contributed by atoms with Crippen molar-refractivity contribution in [1.82, 2.24) is 0 Å². The molecule has 1 aliphatic heterocycles. The van der Waals surface area contributed by atoms with Crippen LogP contribution in [0.25, 0.3) is 0 Å². The molecule has 2 nitrogen and oxygen atoms in total. The number of rotatable bonds is 0. The zero-order valence-corrected chi connectivity index (χ0v) is 6.14. The van der Waals surface area contributed by atoms with E-state index in [9.17, 15) is 0 Å². The molecule has 2 unspecified atom stereocenters. The molecular formula is C9H10O2. The Morgan fingerprint density at radius 2 is 1.91 bits per heavy atom. The molecule has 2 aliphatic rings. The summed E-state index contributed by atoms with van der Waals surface area (Å²) >= 11 is 0. The van der Waals surface area contributed by atoms with Crippen molar-refractivity contribution >= 4 is 0 Å². The van der Waals surface area contributed by atoms with E-state index in [-0.39, 0.29) is 12.2 Å². The molecule has 0 aromatic rings. The summed E-state index contributed by atoms with van der Waals surface area (Å²) in [6.45, 7) is 0.638. The van der Waals surface area contributed by atoms with Gasteiger partial charge in [-0.3, -0.25) is 0 Å². The highest BCUT2D eigenvalue weighted by atomic mass is 16.5. The summed E-state index contributed by atoms with van der Waals surface area (Å²) in [7, 11) is 0. The van der Waals surface area contributed by atoms with Crippen LogP contribution < -0.4 is 0 Å². The molecule has 0 fully saturated rings. The van der Waals surface area contributed by atoms with E-state index in [4.69, 9.17) is 9.47 Å². The molecule has 0 aromatic carbocycles. The van der Waals surface area contributed by atoms with E-state index in [2.05, 4.69) is 0 Å². The molecule has 0 spiro atoms. The van der Waals surface area contributed by atoms with Gasteiger partial charge in [0.1, 0.15) is 12.2 Å². The first-order chi connectivity index (χ1) is 5.47. The summed E-state index contributed by atoms with van der Waals surface area (Å²) in [6, 6.07) is 0. The molecule has 2 atom stereocenters. The van der Waals surface area contributed by atoms with Gasteiger partial charge in [0.25, 0.3) is 0 Å². The lowest BCUT2D eigenvalue weighted by Crippen LogP contribution is -2.26. The molecule has 58 valence electrons. The molecule has 0 amide bonds. The minimum Gasteiger partial charge on any atom is -0.491 e. The lowest BCUT2D eigenvalue weighted by molar-refractivity contribution is 0.0301. The molecule has 0 N–H and O–H groups in total. The second-order valence-corrected chi connectivity index (χ2v) is 2.54. The lowest BCUT2D eigenvalue weighted by atomic mass is 10.1. The number of hydrogen-bond donors (Lipinski definition) is 0. The monoisotopic (exact) mass is 150 g/mol. The summed E-state index contributed by atoms with van der Waals surface area (Å²) in [5.41, 5.74) is 0. The third kappa shape index (κ3) is 1.35. The largest absolute Gasteiger partial charge is 0.491 e. The molecule has 0 saturated heterocycles. The highest BCUT2D eigenvalue weighted by Gasteiger charge is 2.20. The van der Waals surface area contributed by atoms with Crippen molar-refractivity contribution in [2.75, 3.05) is 6.61 Å². The number of hydrogen-bond acceptors (Lipinski definition) is 2. The van der Waals surface area contributed by atoms with Crippen LogP contribution in [-0.2, 0) is 9.47 Å². The Labute approximate surface area is 65.8 Å². The van der Waals surface area contributed by atoms with Gasteiger partial charge in [-0.15, -0.1) is 0 Å². The summed E-state index contributed by atoms with van der Waals surface area (Å²) in [4.78, 5) is 0. The van der Waals surface area contributed by atoms with Crippen LogP contribution in [0.4, 0.5) is 0 Å². The van der Waals surface area contributed by atoms with Gasteiger partial charge >= 0.3 is 0 Å². The highest BCUT2D eigenvalue weighted by molar-refractivity contribution is 5.17. The van der Waals surface area contributed by atoms with Gasteiger partial charge in [0.15, 0.2) is 0 Å². The molecule has 2 heteroatoms. The highest BCUT2D eigenvalue weighted by Crippen LogP contribution is 2.14. The topological polar surface area (TPSA) is 18.5 Å². The van der Waals surface area contributed by atoms with Gasteiger partial charge in [-0.25, -0.2) is 0 Å². The Kier molecular flexibility index (Phi) is 1.78. The zero-order chi connectivity index (χ0) is 7.52. The Morgan fingerprint density at radius 1 is 1.09 bits per heavy atom. The molecule has 1 heterocycles. The Hall–Kier alpha value is -1.02. The Morgan fingerprint density at radius 3 is 2.82 bits per heavy atom. The van der Waals surface area contributed by atoms with E-state index in [1.54, 1.807) is 6.26 Å². The van der Waals surface area contributed by atoms with Crippen LogP contribution in [0.1, 0.15) is 0 Å². The van der Waals surface area contributed by atoms with Crippen molar-refractivity contribution in [3.8, 4) is 0 Å². The van der Waals surface area contributed by atoms with E-state index < -0.39 is 0 Å². The first-order valence-electron chi connectivity index (χ1n) is 3.74. The average Bonchev–Trinajstić information content (AvgIpc) is 2.28. The van der Waals surface area contributed by atoms with E-state index >= 15 is 0 Å². The van der Waals surface area contributed by atoms with Crippen LogP contribution in [0.3, 0.4) is 0 Å². The third-order valence-corrected chi connectivity index (χ3v) is 1.75. The normalized spacial score (nSPS) is 34.2. The number of allylic oxidation sites excluding steroid dienone is 2. The third-order valence-electron chi connectivity index (χ3n) is 1.75. The summed E-state index contributed by atoms with van der Waals surface area (Å²) < 4.78 is 10.8. The molecule has 0 radical (unpaired) electrons. The SMILES string of the molecule is C1=CC2OC=CCOC2C=C1. The van der Waals surface area contributed by atoms with Gasteiger partial charge in [-0.1, -0.05) is 18.2 Å². The molecule has 11 heavy (non-hydrogen) atoms. The molecule has 2 rings (SSSR count). The summed E-state index contributed by atoms with van der Waals surface area (Å²) in [5, 5.41) is 0. The second-order valence-electron chi connectivity index (χ2n) is 2.54. The predicted octanol–water partition coefficient (Wildman–Crippen LogP) is 1.41. The van der Waals surface area contributed by atoms with Gasteiger partial charge in [0.2, 0.25) is 0 Å². The fraction of sp³-hybridized carbons (Fsp3) is 0.333. The molecule has 0 bridgehead atoms. The van der Waals surface area contributed by atoms with E-state index in [0.29, 0.717) is 6.61 Å². The van der Waals surface area contributed by atoms with Crippen LogP contribution in [0, 0.1) is 0 Å². The first kappa shape index (κ1) is 6.68. The van der Waals surface area contributed by atoms with Crippen LogP contribution >= 0.6 is 0 Å². The van der Waals surface area contributed by atoms with Gasteiger partial charge in [-0.05, 0) is 12.2 Å². The van der Waals surface area contributed by atoms with E-state index in [0.717, 1.165) is 0 Å². The second kappa shape index (κ2) is 2.93. The quantitative estimate of drug-likeness (QED) is 0.519. The van der Waals surface area contributed by atoms with Crippen molar-refractivity contribution in [2.24, 2.45) is 0 Å². The van der Waals surface area contributed by atoms with Crippen molar-refractivity contribution in [2.45, 2.75) is 12.2 Å². The van der Waals surface area contributed by atoms with Crippen molar-refractivity contribution in [1.29, 1.82) is 0 Å². The fourth-order valence-corrected chi connectivity index (χ4v) is 1.19. The predicted molar refractivity (Wildman–Crippen MR) is 42.0 cm³/mol. The van der Waals surface area contributed by atoms with Gasteiger partial charge in [-0.2, -0.15) is 0 Å². The number of ether oxygens (including phenoxy) is 2. The zero-order valence-electron chi connectivity index (χ0n) is 6.14. The van der Waals surface area contributed by atoms with Gasteiger partial charge in [0.05, 0.1) is 12.9 Å². The summed E-state index contributed by atoms with van der Waals surface area (Å²) in [5.74, 6) is 0. The van der Waals surface area contributed by atoms with Gasteiger partial charge in [0, 0.05) is 0 Å². The van der Waals surface area contributed by atoms with E-state index in [1.165, 1.54) is 0 Å². The smallest absolute Gasteiger partial charge is 0.146 e. The molecule has 1 aliphatic carbocycles. The average molecular weight is 150 g/mol. The molecular weight excluding hydrogens is 140 g/mol. The van der Waals surface area contributed by atoms with Crippen LogP contribution in [0.5, 0.6) is 0 Å². The van der Waals surface area contributed by atoms with Crippen LogP contribution in [0.2, 0.25) is 0 Å². The van der Waals surface area contributed by atoms with Crippen LogP contribution in [-0.4, -0.2) is 18.8 Å². The standard InChI is InChI=1S/C9H10O2/c1-2-5-9-8(4-1)10-6-3-7-11-9/h1-6,8-9H,7H2. The minimum atomic E-state index is 0.0683. The van der Waals surface area contributed by atoms with Gasteiger partial charge < -0.3 is 9.47 Å². The maximum atomic E-state index is 5.46. The maximum absolute atomic E-state index is 5.46. The summed E-state index contributed by atoms with van der Waals surface area (Å²) in [6.07, 6.45) is 11.7. The first-order valence-corrected chi connectivity index (χ1v) is 3.74. The van der Waals surface area contributed by atoms with E-state index in [1.807, 2.05) is 30.4 Å². The Bertz CT molecular complexity index is 216. The maximum Gasteiger partial charge on any atom is 0.146 e. The number of fused-ring (bicyclic) bond motifs is 1. The Balaban J connectivity index is 2.13. The minimum absolute atomic E-state index is 0.0683. The van der Waals surface area contributed by atoms with Crippen molar-refractivity contribution in [3.05, 3.63) is 36.6 Å². The lowest BCUT2D eigenvalue weighted by Gasteiger charge is -2.20. The molecule has 0 aromatic heterocycles. The molecule has 0 saturated carbocycles.